The SMILES string of the molecule is COc1ccc(-c2nnc(SCC(=O)N3N=C(c4cccs4)CC3c3ccco3)o2)c(OC)c1. The van der Waals surface area contributed by atoms with Crippen LogP contribution in [0.3, 0.4) is 0 Å². The lowest BCUT2D eigenvalue weighted by Crippen LogP contribution is -2.28. The van der Waals surface area contributed by atoms with Gasteiger partial charge in [0.1, 0.15) is 23.3 Å². The Labute approximate surface area is 203 Å². The van der Waals surface area contributed by atoms with E-state index < -0.39 is 0 Å². The Kier molecular flexibility index (Phi) is 6.37. The summed E-state index contributed by atoms with van der Waals surface area (Å²) in [5.41, 5.74) is 1.50. The molecule has 0 spiro atoms. The molecule has 4 aromatic rings. The zero-order valence-corrected chi connectivity index (χ0v) is 20.0. The molecule has 0 aliphatic carbocycles. The van der Waals surface area contributed by atoms with E-state index in [0.29, 0.717) is 35.1 Å². The lowest BCUT2D eigenvalue weighted by Gasteiger charge is -2.19. The molecule has 1 unspecified atom stereocenters. The van der Waals surface area contributed by atoms with Gasteiger partial charge < -0.3 is 18.3 Å². The number of aromatic nitrogens is 2. The number of carbonyl (C=O) groups is 1. The monoisotopic (exact) mass is 496 g/mol. The molecule has 11 heteroatoms. The van der Waals surface area contributed by atoms with Gasteiger partial charge >= 0.3 is 0 Å². The molecule has 4 heterocycles. The van der Waals surface area contributed by atoms with E-state index >= 15 is 0 Å². The van der Waals surface area contributed by atoms with Gasteiger partial charge in [0.25, 0.3) is 17.0 Å². The molecule has 5 rings (SSSR count). The van der Waals surface area contributed by atoms with E-state index in [-0.39, 0.29) is 22.9 Å². The Morgan fingerprint density at radius 3 is 2.85 bits per heavy atom. The predicted octanol–water partition coefficient (Wildman–Crippen LogP) is 4.88. The van der Waals surface area contributed by atoms with E-state index in [1.807, 2.05) is 29.6 Å². The molecule has 0 fully saturated rings. The van der Waals surface area contributed by atoms with Crippen LogP contribution in [0.4, 0.5) is 0 Å². The van der Waals surface area contributed by atoms with Crippen LogP contribution in [0.5, 0.6) is 11.5 Å². The topological polar surface area (TPSA) is 103 Å². The third-order valence-corrected chi connectivity index (χ3v) is 6.93. The Hall–Kier alpha value is -3.57. The molecule has 0 saturated heterocycles. The quantitative estimate of drug-likeness (QED) is 0.318. The van der Waals surface area contributed by atoms with Crippen molar-refractivity contribution in [2.75, 3.05) is 20.0 Å². The number of hydrogen-bond donors (Lipinski definition) is 0. The van der Waals surface area contributed by atoms with E-state index in [9.17, 15) is 4.79 Å². The maximum atomic E-state index is 13.1. The standard InChI is InChI=1S/C23H20N4O5S2/c1-29-14-7-8-15(19(11-14)30-2)22-24-25-23(32-22)34-13-21(28)27-17(18-5-3-9-31-18)12-16(26-27)20-6-4-10-33-20/h3-11,17H,12-13H2,1-2H3. The number of hydrazone groups is 1. The molecule has 1 aliphatic heterocycles. The van der Waals surface area contributed by atoms with Crippen LogP contribution in [-0.2, 0) is 4.79 Å². The maximum Gasteiger partial charge on any atom is 0.277 e. The molecule has 174 valence electrons. The highest BCUT2D eigenvalue weighted by molar-refractivity contribution is 7.99. The number of ether oxygens (including phenoxy) is 2. The molecule has 1 aromatic carbocycles. The fourth-order valence-corrected chi connectivity index (χ4v) is 4.91. The summed E-state index contributed by atoms with van der Waals surface area (Å²) >= 11 is 2.75. The van der Waals surface area contributed by atoms with Crippen LogP contribution < -0.4 is 9.47 Å². The van der Waals surface area contributed by atoms with Crippen molar-refractivity contribution in [1.82, 2.24) is 15.2 Å². The van der Waals surface area contributed by atoms with E-state index in [1.165, 1.54) is 5.01 Å². The average molecular weight is 497 g/mol. The highest BCUT2D eigenvalue weighted by Gasteiger charge is 2.35. The summed E-state index contributed by atoms with van der Waals surface area (Å²) in [6.07, 6.45) is 2.19. The number of nitrogens with zero attached hydrogens (tertiary/aromatic N) is 4. The summed E-state index contributed by atoms with van der Waals surface area (Å²) < 4.78 is 22.0. The molecule has 1 amide bonds. The number of benzene rings is 1. The zero-order chi connectivity index (χ0) is 23.5. The van der Waals surface area contributed by atoms with Crippen LogP contribution in [0.2, 0.25) is 0 Å². The molecule has 9 nitrogen and oxygen atoms in total. The van der Waals surface area contributed by atoms with Gasteiger partial charge in [0.05, 0.1) is 42.4 Å². The van der Waals surface area contributed by atoms with Gasteiger partial charge in [-0.3, -0.25) is 4.79 Å². The molecule has 0 bridgehead atoms. The second-order valence-corrected chi connectivity index (χ2v) is 9.10. The van der Waals surface area contributed by atoms with Gasteiger partial charge in [-0.05, 0) is 35.7 Å². The molecular formula is C23H20N4O5S2. The fraction of sp³-hybridized carbons (Fsp3) is 0.217. The number of amides is 1. The number of thiophene rings is 1. The summed E-state index contributed by atoms with van der Waals surface area (Å²) in [6.45, 7) is 0. The van der Waals surface area contributed by atoms with Crippen molar-refractivity contribution in [3.63, 3.8) is 0 Å². The van der Waals surface area contributed by atoms with Crippen molar-refractivity contribution < 1.29 is 23.1 Å². The van der Waals surface area contributed by atoms with Crippen LogP contribution >= 0.6 is 23.1 Å². The van der Waals surface area contributed by atoms with Gasteiger partial charge in [-0.25, -0.2) is 5.01 Å². The van der Waals surface area contributed by atoms with E-state index in [4.69, 9.17) is 18.3 Å². The van der Waals surface area contributed by atoms with Crippen molar-refractivity contribution in [2.45, 2.75) is 17.7 Å². The summed E-state index contributed by atoms with van der Waals surface area (Å²) in [6, 6.07) is 12.6. The predicted molar refractivity (Wildman–Crippen MR) is 127 cm³/mol. The van der Waals surface area contributed by atoms with Crippen LogP contribution in [0.25, 0.3) is 11.5 Å². The molecule has 34 heavy (non-hydrogen) atoms. The minimum atomic E-state index is -0.290. The first-order valence-electron chi connectivity index (χ1n) is 10.3. The number of thioether (sulfide) groups is 1. The van der Waals surface area contributed by atoms with Crippen molar-refractivity contribution in [1.29, 1.82) is 0 Å². The summed E-state index contributed by atoms with van der Waals surface area (Å²) in [5.74, 6) is 2.09. The number of carbonyl (C=O) groups excluding carboxylic acids is 1. The number of hydrogen-bond acceptors (Lipinski definition) is 10. The molecule has 1 atom stereocenters. The molecule has 0 N–H and O–H groups in total. The van der Waals surface area contributed by atoms with Gasteiger partial charge in [-0.15, -0.1) is 21.5 Å². The van der Waals surface area contributed by atoms with Gasteiger partial charge in [-0.2, -0.15) is 5.10 Å². The first kappa shape index (κ1) is 22.2. The second kappa shape index (κ2) is 9.74. The van der Waals surface area contributed by atoms with Crippen molar-refractivity contribution in [3.8, 4) is 23.0 Å². The lowest BCUT2D eigenvalue weighted by molar-refractivity contribution is -0.130. The third kappa shape index (κ3) is 4.44. The van der Waals surface area contributed by atoms with Crippen molar-refractivity contribution in [2.24, 2.45) is 5.10 Å². The van der Waals surface area contributed by atoms with Crippen LogP contribution in [-0.4, -0.2) is 46.8 Å². The molecule has 0 saturated carbocycles. The molecule has 1 aliphatic rings. The minimum Gasteiger partial charge on any atom is -0.497 e. The van der Waals surface area contributed by atoms with E-state index in [1.54, 1.807) is 50.0 Å². The normalized spacial score (nSPS) is 15.4. The Balaban J connectivity index is 1.30. The van der Waals surface area contributed by atoms with Gasteiger partial charge in [0, 0.05) is 12.5 Å². The number of rotatable bonds is 8. The second-order valence-electron chi connectivity index (χ2n) is 7.23. The zero-order valence-electron chi connectivity index (χ0n) is 18.3. The van der Waals surface area contributed by atoms with Crippen LogP contribution in [0, 0.1) is 0 Å². The Morgan fingerprint density at radius 1 is 1.21 bits per heavy atom. The van der Waals surface area contributed by atoms with Crippen molar-refractivity contribution >= 4 is 34.7 Å². The van der Waals surface area contributed by atoms with Crippen LogP contribution in [0.15, 0.2) is 73.3 Å². The lowest BCUT2D eigenvalue weighted by atomic mass is 10.1. The third-order valence-electron chi connectivity index (χ3n) is 5.21. The highest BCUT2D eigenvalue weighted by atomic mass is 32.2. The number of furan rings is 1. The summed E-state index contributed by atoms with van der Waals surface area (Å²) in [5, 5.41) is 16.5. The summed E-state index contributed by atoms with van der Waals surface area (Å²) in [4.78, 5) is 14.2. The largest absolute Gasteiger partial charge is 0.497 e. The fourth-order valence-electron chi connectivity index (χ4n) is 3.58. The van der Waals surface area contributed by atoms with Gasteiger partial charge in [-0.1, -0.05) is 17.8 Å². The maximum absolute atomic E-state index is 13.1. The molecule has 0 radical (unpaired) electrons. The Morgan fingerprint density at radius 2 is 2.12 bits per heavy atom. The Bertz CT molecular complexity index is 1300. The van der Waals surface area contributed by atoms with E-state index in [2.05, 4.69) is 15.3 Å². The minimum absolute atomic E-state index is 0.0831. The molecule has 3 aromatic heterocycles. The summed E-state index contributed by atoms with van der Waals surface area (Å²) in [7, 11) is 3.14. The smallest absolute Gasteiger partial charge is 0.277 e. The van der Waals surface area contributed by atoms with Gasteiger partial charge in [0.2, 0.25) is 0 Å². The van der Waals surface area contributed by atoms with Crippen molar-refractivity contribution in [3.05, 3.63) is 64.7 Å². The first-order chi connectivity index (χ1) is 16.7. The average Bonchev–Trinajstić information content (AvgIpc) is 3.68. The van der Waals surface area contributed by atoms with Gasteiger partial charge in [0.15, 0.2) is 0 Å². The number of methoxy groups -OCH3 is 2. The first-order valence-corrected chi connectivity index (χ1v) is 12.2. The van der Waals surface area contributed by atoms with Crippen LogP contribution in [0.1, 0.15) is 23.1 Å². The van der Waals surface area contributed by atoms with E-state index in [0.717, 1.165) is 22.4 Å². The molecular weight excluding hydrogens is 476 g/mol. The highest BCUT2D eigenvalue weighted by Crippen LogP contribution is 2.36.